The van der Waals surface area contributed by atoms with Gasteiger partial charge in [-0.15, -0.1) is 0 Å². The van der Waals surface area contributed by atoms with Gasteiger partial charge in [0, 0.05) is 38.1 Å². The van der Waals surface area contributed by atoms with Crippen LogP contribution in [0.2, 0.25) is 0 Å². The van der Waals surface area contributed by atoms with Gasteiger partial charge in [0.05, 0.1) is 11.9 Å². The number of alkyl halides is 3. The SMILES string of the molecule is O=C(/C=C/Cn1ccnc1)N1CCc2ccc(Oc3ccc(C(F)(F)F)cc3)cc2C1. The third kappa shape index (κ3) is 5.14. The number of allylic oxidation sites excluding steroid dienone is 1. The van der Waals surface area contributed by atoms with E-state index in [0.717, 1.165) is 29.7 Å². The fourth-order valence-corrected chi connectivity index (χ4v) is 3.41. The quantitative estimate of drug-likeness (QED) is 0.548. The molecular weight excluding hydrogens is 407 g/mol. The van der Waals surface area contributed by atoms with Crippen molar-refractivity contribution in [2.75, 3.05) is 6.54 Å². The molecule has 0 saturated heterocycles. The van der Waals surface area contributed by atoms with E-state index in [2.05, 4.69) is 4.98 Å². The van der Waals surface area contributed by atoms with Crippen LogP contribution in [-0.2, 0) is 30.5 Å². The summed E-state index contributed by atoms with van der Waals surface area (Å²) in [5.74, 6) is 0.766. The van der Waals surface area contributed by atoms with Crippen LogP contribution in [0.5, 0.6) is 11.5 Å². The van der Waals surface area contributed by atoms with Crippen LogP contribution in [0.4, 0.5) is 13.2 Å². The number of hydrogen-bond donors (Lipinski definition) is 0. The minimum atomic E-state index is -4.38. The van der Waals surface area contributed by atoms with Gasteiger partial charge in [0.2, 0.25) is 5.91 Å². The van der Waals surface area contributed by atoms with Crippen molar-refractivity contribution in [2.24, 2.45) is 0 Å². The van der Waals surface area contributed by atoms with E-state index < -0.39 is 11.7 Å². The summed E-state index contributed by atoms with van der Waals surface area (Å²) in [5, 5.41) is 0. The maximum atomic E-state index is 12.7. The van der Waals surface area contributed by atoms with E-state index >= 15 is 0 Å². The molecule has 4 rings (SSSR count). The Kier molecular flexibility index (Phi) is 5.79. The molecule has 0 atom stereocenters. The Labute approximate surface area is 177 Å². The van der Waals surface area contributed by atoms with Gasteiger partial charge in [0.25, 0.3) is 0 Å². The van der Waals surface area contributed by atoms with Crippen molar-refractivity contribution >= 4 is 5.91 Å². The molecule has 1 aliphatic heterocycles. The molecule has 0 saturated carbocycles. The van der Waals surface area contributed by atoms with E-state index in [4.69, 9.17) is 4.74 Å². The number of halogens is 3. The van der Waals surface area contributed by atoms with Gasteiger partial charge < -0.3 is 14.2 Å². The minimum absolute atomic E-state index is 0.0696. The number of imidazole rings is 1. The molecule has 31 heavy (non-hydrogen) atoms. The second kappa shape index (κ2) is 8.67. The molecule has 0 spiro atoms. The van der Waals surface area contributed by atoms with Crippen LogP contribution in [-0.4, -0.2) is 26.9 Å². The zero-order chi connectivity index (χ0) is 21.8. The first kappa shape index (κ1) is 20.7. The van der Waals surface area contributed by atoms with Crippen molar-refractivity contribution in [3.05, 3.63) is 90.0 Å². The Balaban J connectivity index is 1.40. The molecule has 0 radical (unpaired) electrons. The van der Waals surface area contributed by atoms with E-state index in [0.29, 0.717) is 31.1 Å². The fourth-order valence-electron chi connectivity index (χ4n) is 3.41. The van der Waals surface area contributed by atoms with Crippen molar-refractivity contribution in [3.63, 3.8) is 0 Å². The van der Waals surface area contributed by atoms with Gasteiger partial charge in [-0.3, -0.25) is 4.79 Å². The van der Waals surface area contributed by atoms with Crippen molar-refractivity contribution in [1.82, 2.24) is 14.5 Å². The average Bonchev–Trinajstić information content (AvgIpc) is 3.26. The number of benzene rings is 2. The molecular formula is C23H20F3N3O2. The standard InChI is InChI=1S/C23H20F3N3O2/c24-23(25,26)19-4-7-20(8-5-19)31-21-6-3-17-9-12-29(15-18(17)14-21)22(30)2-1-11-28-13-10-27-16-28/h1-8,10,13-14,16H,9,11-12,15H2/b2-1+. The lowest BCUT2D eigenvalue weighted by Crippen LogP contribution is -2.34. The van der Waals surface area contributed by atoms with Gasteiger partial charge in [-0.1, -0.05) is 12.1 Å². The summed E-state index contributed by atoms with van der Waals surface area (Å²) in [5.41, 5.74) is 1.37. The predicted molar refractivity (Wildman–Crippen MR) is 108 cm³/mol. The van der Waals surface area contributed by atoms with Gasteiger partial charge in [0.1, 0.15) is 11.5 Å². The van der Waals surface area contributed by atoms with Gasteiger partial charge in [-0.2, -0.15) is 13.2 Å². The first-order valence-electron chi connectivity index (χ1n) is 9.76. The van der Waals surface area contributed by atoms with Crippen LogP contribution < -0.4 is 4.74 Å². The summed E-state index contributed by atoms with van der Waals surface area (Å²) in [7, 11) is 0. The van der Waals surface area contributed by atoms with E-state index in [1.807, 2.05) is 22.9 Å². The number of nitrogens with zero attached hydrogens (tertiary/aromatic N) is 3. The van der Waals surface area contributed by atoms with Crippen LogP contribution in [0.3, 0.4) is 0 Å². The summed E-state index contributed by atoms with van der Waals surface area (Å²) in [4.78, 5) is 18.2. The van der Waals surface area contributed by atoms with E-state index in [1.54, 1.807) is 35.6 Å². The Morgan fingerprint density at radius 3 is 2.58 bits per heavy atom. The highest BCUT2D eigenvalue weighted by atomic mass is 19.4. The van der Waals surface area contributed by atoms with Crippen LogP contribution >= 0.6 is 0 Å². The highest BCUT2D eigenvalue weighted by molar-refractivity contribution is 5.87. The smallest absolute Gasteiger partial charge is 0.416 e. The molecule has 0 unspecified atom stereocenters. The fraction of sp³-hybridized carbons (Fsp3) is 0.217. The monoisotopic (exact) mass is 427 g/mol. The largest absolute Gasteiger partial charge is 0.457 e. The molecule has 1 amide bonds. The Morgan fingerprint density at radius 1 is 1.10 bits per heavy atom. The number of rotatable bonds is 5. The van der Waals surface area contributed by atoms with Crippen molar-refractivity contribution in [3.8, 4) is 11.5 Å². The van der Waals surface area contributed by atoms with Crippen molar-refractivity contribution in [2.45, 2.75) is 25.7 Å². The van der Waals surface area contributed by atoms with Crippen LogP contribution in [0, 0.1) is 0 Å². The molecule has 5 nitrogen and oxygen atoms in total. The van der Waals surface area contributed by atoms with Crippen LogP contribution in [0.15, 0.2) is 73.3 Å². The first-order chi connectivity index (χ1) is 14.9. The molecule has 2 heterocycles. The summed E-state index contributed by atoms with van der Waals surface area (Å²) in [6.07, 6.45) is 4.90. The Hall–Kier alpha value is -3.55. The lowest BCUT2D eigenvalue weighted by molar-refractivity contribution is -0.137. The molecule has 1 aromatic heterocycles. The molecule has 0 aliphatic carbocycles. The van der Waals surface area contributed by atoms with E-state index in [-0.39, 0.29) is 5.91 Å². The Morgan fingerprint density at radius 2 is 1.87 bits per heavy atom. The van der Waals surface area contributed by atoms with Gasteiger partial charge in [-0.25, -0.2) is 4.98 Å². The molecule has 8 heteroatoms. The summed E-state index contributed by atoms with van der Waals surface area (Å²) in [6, 6.07) is 10.1. The van der Waals surface area contributed by atoms with Crippen LogP contribution in [0.25, 0.3) is 0 Å². The second-order valence-corrected chi connectivity index (χ2v) is 7.23. The summed E-state index contributed by atoms with van der Waals surface area (Å²) >= 11 is 0. The maximum Gasteiger partial charge on any atom is 0.416 e. The van der Waals surface area contributed by atoms with E-state index in [1.165, 1.54) is 12.1 Å². The number of carbonyl (C=O) groups excluding carboxylic acids is 1. The number of aromatic nitrogens is 2. The maximum absolute atomic E-state index is 12.7. The molecule has 3 aromatic rings. The third-order valence-electron chi connectivity index (χ3n) is 5.05. The van der Waals surface area contributed by atoms with Crippen molar-refractivity contribution in [1.29, 1.82) is 0 Å². The summed E-state index contributed by atoms with van der Waals surface area (Å²) in [6.45, 7) is 1.65. The zero-order valence-corrected chi connectivity index (χ0v) is 16.5. The number of fused-ring (bicyclic) bond motifs is 1. The minimum Gasteiger partial charge on any atom is -0.457 e. The molecule has 2 aromatic carbocycles. The number of amides is 1. The van der Waals surface area contributed by atoms with Crippen molar-refractivity contribution < 1.29 is 22.7 Å². The normalized spacial score (nSPS) is 14.0. The molecule has 0 fully saturated rings. The molecule has 160 valence electrons. The second-order valence-electron chi connectivity index (χ2n) is 7.23. The lowest BCUT2D eigenvalue weighted by Gasteiger charge is -2.28. The van der Waals surface area contributed by atoms with Crippen LogP contribution in [0.1, 0.15) is 16.7 Å². The lowest BCUT2D eigenvalue weighted by atomic mass is 9.99. The topological polar surface area (TPSA) is 47.4 Å². The number of ether oxygens (including phenoxy) is 1. The average molecular weight is 427 g/mol. The summed E-state index contributed by atoms with van der Waals surface area (Å²) < 4.78 is 45.7. The third-order valence-corrected chi connectivity index (χ3v) is 5.05. The highest BCUT2D eigenvalue weighted by Crippen LogP contribution is 2.32. The Bertz CT molecular complexity index is 1070. The highest BCUT2D eigenvalue weighted by Gasteiger charge is 2.30. The predicted octanol–water partition coefficient (Wildman–Crippen LogP) is 4.84. The molecule has 1 aliphatic rings. The van der Waals surface area contributed by atoms with Gasteiger partial charge >= 0.3 is 6.18 Å². The first-order valence-corrected chi connectivity index (χ1v) is 9.76. The number of hydrogen-bond acceptors (Lipinski definition) is 3. The van der Waals surface area contributed by atoms with Gasteiger partial charge in [0.15, 0.2) is 0 Å². The molecule has 0 bridgehead atoms. The number of carbonyl (C=O) groups is 1. The van der Waals surface area contributed by atoms with Gasteiger partial charge in [-0.05, 0) is 53.9 Å². The molecule has 0 N–H and O–H groups in total. The zero-order valence-electron chi connectivity index (χ0n) is 16.5. The van der Waals surface area contributed by atoms with E-state index in [9.17, 15) is 18.0 Å².